The third kappa shape index (κ3) is 6.53. The van der Waals surface area contributed by atoms with Gasteiger partial charge in [-0.3, -0.25) is 14.6 Å². The predicted octanol–water partition coefficient (Wildman–Crippen LogP) is 2.03. The topological polar surface area (TPSA) is 83.0 Å². The summed E-state index contributed by atoms with van der Waals surface area (Å²) in [7, 11) is 1.72. The lowest BCUT2D eigenvalue weighted by atomic mass is 9.98. The maximum atomic E-state index is 12.1. The summed E-state index contributed by atoms with van der Waals surface area (Å²) in [4.78, 5) is 30.5. The monoisotopic (exact) mass is 438 g/mol. The molecule has 1 aliphatic heterocycles. The van der Waals surface area contributed by atoms with Crippen LogP contribution in [0.3, 0.4) is 0 Å². The van der Waals surface area contributed by atoms with Gasteiger partial charge < -0.3 is 20.3 Å². The van der Waals surface area contributed by atoms with Gasteiger partial charge in [0.05, 0.1) is 12.5 Å². The summed E-state index contributed by atoms with van der Waals surface area (Å²) in [6.07, 6.45) is 1.76. The zero-order valence-electron chi connectivity index (χ0n) is 15.8. The van der Waals surface area contributed by atoms with Crippen molar-refractivity contribution in [3.8, 4) is 0 Å². The fraction of sp³-hybridized carbons (Fsp3) is 0.526. The zero-order chi connectivity index (χ0) is 19.6. The number of esters is 1. The van der Waals surface area contributed by atoms with Crippen molar-refractivity contribution in [1.29, 1.82) is 0 Å². The largest absolute Gasteiger partial charge is 0.466 e. The van der Waals surface area contributed by atoms with Crippen LogP contribution in [-0.2, 0) is 9.53 Å². The van der Waals surface area contributed by atoms with E-state index in [4.69, 9.17) is 4.74 Å². The Labute approximate surface area is 168 Å². The van der Waals surface area contributed by atoms with E-state index in [1.165, 1.54) is 0 Å². The van der Waals surface area contributed by atoms with E-state index in [1.807, 2.05) is 19.1 Å². The van der Waals surface area contributed by atoms with Crippen molar-refractivity contribution in [1.82, 2.24) is 15.5 Å². The fourth-order valence-corrected chi connectivity index (χ4v) is 3.44. The molecule has 27 heavy (non-hydrogen) atoms. The van der Waals surface area contributed by atoms with Crippen molar-refractivity contribution >= 4 is 33.8 Å². The van der Waals surface area contributed by atoms with Gasteiger partial charge in [-0.25, -0.2) is 0 Å². The molecular formula is C19H27BrN4O3. The molecule has 1 heterocycles. The number of hydrogen-bond acceptors (Lipinski definition) is 4. The van der Waals surface area contributed by atoms with E-state index >= 15 is 0 Å². The fourth-order valence-electron chi connectivity index (χ4n) is 3.04. The summed E-state index contributed by atoms with van der Waals surface area (Å²) < 4.78 is 6.01. The molecule has 2 N–H and O–H groups in total. The smallest absolute Gasteiger partial charge is 0.310 e. The minimum Gasteiger partial charge on any atom is -0.466 e. The number of nitrogens with zero attached hydrogens (tertiary/aromatic N) is 2. The lowest BCUT2D eigenvalue weighted by molar-refractivity contribution is -0.149. The van der Waals surface area contributed by atoms with E-state index in [2.05, 4.69) is 36.5 Å². The van der Waals surface area contributed by atoms with Crippen LogP contribution in [0.15, 0.2) is 33.7 Å². The normalized spacial score (nSPS) is 17.4. The standard InChI is InChI=1S/C19H27BrN4O3/c1-3-27-18(26)15-7-5-11-24(13-15)19(21-2)23-10-9-22-17(25)14-6-4-8-16(20)12-14/h4,6,8,12,15H,3,5,7,9-11,13H2,1-2H3,(H,21,23)(H,22,25). The molecule has 1 fully saturated rings. The minimum absolute atomic E-state index is 0.117. The molecule has 8 heteroatoms. The Hall–Kier alpha value is -2.09. The quantitative estimate of drug-likeness (QED) is 0.307. The Morgan fingerprint density at radius 3 is 2.81 bits per heavy atom. The van der Waals surface area contributed by atoms with Gasteiger partial charge in [0.2, 0.25) is 0 Å². The number of rotatable bonds is 6. The first kappa shape index (κ1) is 21.2. The van der Waals surface area contributed by atoms with Gasteiger partial charge in [0.1, 0.15) is 0 Å². The number of carbonyl (C=O) groups excluding carboxylic acids is 2. The summed E-state index contributed by atoms with van der Waals surface area (Å²) in [6, 6.07) is 7.26. The molecular weight excluding hydrogens is 412 g/mol. The van der Waals surface area contributed by atoms with Gasteiger partial charge in [-0.2, -0.15) is 0 Å². The second-order valence-electron chi connectivity index (χ2n) is 6.28. The van der Waals surface area contributed by atoms with E-state index in [0.29, 0.717) is 31.8 Å². The first-order valence-corrected chi connectivity index (χ1v) is 10.0. The third-order valence-electron chi connectivity index (χ3n) is 4.33. The number of piperidine rings is 1. The molecule has 1 saturated heterocycles. The Morgan fingerprint density at radius 2 is 2.11 bits per heavy atom. The highest BCUT2D eigenvalue weighted by Crippen LogP contribution is 2.18. The van der Waals surface area contributed by atoms with Gasteiger partial charge in [0.15, 0.2) is 5.96 Å². The molecule has 0 saturated carbocycles. The van der Waals surface area contributed by atoms with Gasteiger partial charge in [0, 0.05) is 43.3 Å². The molecule has 1 atom stereocenters. The van der Waals surface area contributed by atoms with Crippen molar-refractivity contribution in [3.63, 3.8) is 0 Å². The molecule has 2 rings (SSSR count). The second kappa shape index (κ2) is 10.9. The lowest BCUT2D eigenvalue weighted by Gasteiger charge is -2.33. The summed E-state index contributed by atoms with van der Waals surface area (Å²) in [5.41, 5.74) is 0.613. The predicted molar refractivity (Wildman–Crippen MR) is 109 cm³/mol. The van der Waals surface area contributed by atoms with Crippen molar-refractivity contribution < 1.29 is 14.3 Å². The van der Waals surface area contributed by atoms with Crippen LogP contribution in [-0.4, -0.2) is 62.6 Å². The number of carbonyl (C=O) groups is 2. The number of likely N-dealkylation sites (tertiary alicyclic amines) is 1. The molecule has 148 valence electrons. The highest BCUT2D eigenvalue weighted by atomic mass is 79.9. The maximum absolute atomic E-state index is 12.1. The van der Waals surface area contributed by atoms with Gasteiger partial charge in [-0.15, -0.1) is 0 Å². The summed E-state index contributed by atoms with van der Waals surface area (Å²) in [5.74, 6) is 0.363. The number of amides is 1. The first-order valence-electron chi connectivity index (χ1n) is 9.21. The van der Waals surface area contributed by atoms with E-state index in [1.54, 1.807) is 19.2 Å². The molecule has 1 unspecified atom stereocenters. The number of aliphatic imine (C=N–C) groups is 1. The molecule has 1 aromatic carbocycles. The number of nitrogens with one attached hydrogen (secondary N) is 2. The number of benzene rings is 1. The van der Waals surface area contributed by atoms with Gasteiger partial charge in [-0.05, 0) is 38.0 Å². The zero-order valence-corrected chi connectivity index (χ0v) is 17.4. The van der Waals surface area contributed by atoms with Crippen molar-refractivity contribution in [3.05, 3.63) is 34.3 Å². The Morgan fingerprint density at radius 1 is 1.33 bits per heavy atom. The Bertz CT molecular complexity index is 681. The van der Waals surface area contributed by atoms with Crippen LogP contribution in [0, 0.1) is 5.92 Å². The van der Waals surface area contributed by atoms with E-state index in [9.17, 15) is 9.59 Å². The average molecular weight is 439 g/mol. The van der Waals surface area contributed by atoms with E-state index in [0.717, 1.165) is 29.8 Å². The van der Waals surface area contributed by atoms with Crippen molar-refractivity contribution in [2.24, 2.45) is 10.9 Å². The van der Waals surface area contributed by atoms with Gasteiger partial charge in [-0.1, -0.05) is 22.0 Å². The summed E-state index contributed by atoms with van der Waals surface area (Å²) in [6.45, 7) is 4.69. The molecule has 0 aliphatic carbocycles. The number of ether oxygens (including phenoxy) is 1. The number of halogens is 1. The van der Waals surface area contributed by atoms with Crippen LogP contribution >= 0.6 is 15.9 Å². The Balaban J connectivity index is 1.78. The van der Waals surface area contributed by atoms with Gasteiger partial charge >= 0.3 is 5.97 Å². The maximum Gasteiger partial charge on any atom is 0.310 e. The summed E-state index contributed by atoms with van der Waals surface area (Å²) in [5, 5.41) is 6.13. The van der Waals surface area contributed by atoms with Crippen LogP contribution in [0.5, 0.6) is 0 Å². The lowest BCUT2D eigenvalue weighted by Crippen LogP contribution is -2.49. The van der Waals surface area contributed by atoms with Crippen LogP contribution in [0.4, 0.5) is 0 Å². The molecule has 0 bridgehead atoms. The van der Waals surface area contributed by atoms with Crippen molar-refractivity contribution in [2.45, 2.75) is 19.8 Å². The minimum atomic E-state index is -0.140. The third-order valence-corrected chi connectivity index (χ3v) is 4.83. The highest BCUT2D eigenvalue weighted by Gasteiger charge is 2.28. The average Bonchev–Trinajstić information content (AvgIpc) is 2.68. The molecule has 0 spiro atoms. The molecule has 0 radical (unpaired) electrons. The molecule has 1 aromatic rings. The SMILES string of the molecule is CCOC(=O)C1CCCN(C(=NC)NCCNC(=O)c2cccc(Br)c2)C1. The van der Waals surface area contributed by atoms with Gasteiger partial charge in [0.25, 0.3) is 5.91 Å². The van der Waals surface area contributed by atoms with Crippen LogP contribution in [0.25, 0.3) is 0 Å². The molecule has 1 aliphatic rings. The van der Waals surface area contributed by atoms with Crippen LogP contribution < -0.4 is 10.6 Å². The number of guanidine groups is 1. The molecule has 7 nitrogen and oxygen atoms in total. The van der Waals surface area contributed by atoms with Crippen LogP contribution in [0.1, 0.15) is 30.1 Å². The number of hydrogen-bond donors (Lipinski definition) is 2. The van der Waals surface area contributed by atoms with E-state index in [-0.39, 0.29) is 17.8 Å². The highest BCUT2D eigenvalue weighted by molar-refractivity contribution is 9.10. The summed E-state index contributed by atoms with van der Waals surface area (Å²) >= 11 is 3.36. The second-order valence-corrected chi connectivity index (χ2v) is 7.19. The Kier molecular flexibility index (Phi) is 8.57. The molecule has 1 amide bonds. The van der Waals surface area contributed by atoms with E-state index < -0.39 is 0 Å². The van der Waals surface area contributed by atoms with Crippen molar-refractivity contribution in [2.75, 3.05) is 39.8 Å². The molecule has 0 aromatic heterocycles. The van der Waals surface area contributed by atoms with Crippen LogP contribution in [0.2, 0.25) is 0 Å². The first-order chi connectivity index (χ1) is 13.0.